The number of rotatable bonds is 9. The number of pyridine rings is 1. The molecule has 0 aliphatic carbocycles. The van der Waals surface area contributed by atoms with Gasteiger partial charge >= 0.3 is 0 Å². The van der Waals surface area contributed by atoms with E-state index in [2.05, 4.69) is 41.2 Å². The van der Waals surface area contributed by atoms with Crippen LogP contribution in [-0.2, 0) is 12.0 Å². The number of nitrogens with zero attached hydrogens (tertiary/aromatic N) is 4. The van der Waals surface area contributed by atoms with Crippen molar-refractivity contribution in [1.82, 2.24) is 14.8 Å². The fourth-order valence-corrected chi connectivity index (χ4v) is 4.65. The lowest BCUT2D eigenvalue weighted by molar-refractivity contribution is 0.101. The summed E-state index contributed by atoms with van der Waals surface area (Å²) in [7, 11) is 3.19. The van der Waals surface area contributed by atoms with Gasteiger partial charge in [-0.15, -0.1) is 0 Å². The summed E-state index contributed by atoms with van der Waals surface area (Å²) >= 11 is 0. The number of aliphatic imine (C=N–C) groups is 1. The fourth-order valence-electron chi connectivity index (χ4n) is 4.65. The predicted molar refractivity (Wildman–Crippen MR) is 166 cm³/mol. The fraction of sp³-hybridized carbons (Fsp3) is 0.273. The average Bonchev–Trinajstić information content (AvgIpc) is 3.32. The van der Waals surface area contributed by atoms with E-state index in [1.54, 1.807) is 55.7 Å². The SMILES string of the molecule is CCOc1cnn(-c2ccc(C(C)(C)C)cc2)c1C(=O)Nc1ccc(OC2=CC=NCc3cc(OC)c(OC)cc32)cn1. The van der Waals surface area contributed by atoms with Gasteiger partial charge in [-0.3, -0.25) is 9.79 Å². The smallest absolute Gasteiger partial charge is 0.279 e. The van der Waals surface area contributed by atoms with Gasteiger partial charge in [0, 0.05) is 11.8 Å². The van der Waals surface area contributed by atoms with Gasteiger partial charge in [0.05, 0.1) is 45.5 Å². The molecule has 2 aromatic carbocycles. The number of fused-ring (bicyclic) bond motifs is 1. The zero-order valence-electron chi connectivity index (χ0n) is 25.2. The molecule has 0 spiro atoms. The highest BCUT2D eigenvalue weighted by Crippen LogP contribution is 2.36. The Morgan fingerprint density at radius 2 is 1.72 bits per heavy atom. The minimum Gasteiger partial charge on any atom is -0.493 e. The van der Waals surface area contributed by atoms with Crippen molar-refractivity contribution in [2.75, 3.05) is 26.1 Å². The molecule has 0 atom stereocenters. The van der Waals surface area contributed by atoms with Crippen LogP contribution in [0.25, 0.3) is 11.4 Å². The standard InChI is InChI=1S/C33H35N5O5/c1-7-42-29-20-36-38(23-10-8-22(9-11-23)33(2,3)4)31(29)32(39)37-30-13-12-24(19-35-30)43-26-14-15-34-18-21-16-27(40-5)28(41-6)17-25(21)26/h8-17,19-20H,7,18H2,1-6H3,(H,35,37,39). The molecule has 0 radical (unpaired) electrons. The molecule has 3 heterocycles. The van der Waals surface area contributed by atoms with Gasteiger partial charge in [-0.25, -0.2) is 9.67 Å². The second-order valence-corrected chi connectivity index (χ2v) is 10.8. The van der Waals surface area contributed by atoms with Crippen molar-refractivity contribution in [3.05, 3.63) is 89.4 Å². The lowest BCUT2D eigenvalue weighted by atomic mass is 9.87. The first kappa shape index (κ1) is 29.4. The Labute approximate surface area is 251 Å². The van der Waals surface area contributed by atoms with Crippen LogP contribution in [0.4, 0.5) is 5.82 Å². The maximum absolute atomic E-state index is 13.5. The van der Waals surface area contributed by atoms with Crippen LogP contribution in [0.3, 0.4) is 0 Å². The molecule has 0 unspecified atom stereocenters. The third-order valence-electron chi connectivity index (χ3n) is 6.90. The molecule has 2 aromatic heterocycles. The molecule has 10 nitrogen and oxygen atoms in total. The van der Waals surface area contributed by atoms with Crippen molar-refractivity contribution in [1.29, 1.82) is 0 Å². The van der Waals surface area contributed by atoms with Crippen LogP contribution in [-0.4, -0.2) is 47.7 Å². The molecule has 4 aromatic rings. The summed E-state index contributed by atoms with van der Waals surface area (Å²) in [5.74, 6) is 2.60. The summed E-state index contributed by atoms with van der Waals surface area (Å²) in [6.07, 6.45) is 6.58. The minimum absolute atomic E-state index is 0.00497. The summed E-state index contributed by atoms with van der Waals surface area (Å²) in [4.78, 5) is 22.3. The molecule has 1 aliphatic heterocycles. The first-order chi connectivity index (χ1) is 20.7. The van der Waals surface area contributed by atoms with Crippen molar-refractivity contribution >= 4 is 23.7 Å². The van der Waals surface area contributed by atoms with Crippen molar-refractivity contribution in [2.24, 2.45) is 4.99 Å². The maximum Gasteiger partial charge on any atom is 0.279 e. The monoisotopic (exact) mass is 581 g/mol. The number of nitrogens with one attached hydrogen (secondary N) is 1. The molecule has 0 fully saturated rings. The number of methoxy groups -OCH3 is 2. The van der Waals surface area contributed by atoms with Crippen LogP contribution in [0.5, 0.6) is 23.0 Å². The Kier molecular flexibility index (Phi) is 8.47. The van der Waals surface area contributed by atoms with E-state index in [-0.39, 0.29) is 11.1 Å². The zero-order valence-corrected chi connectivity index (χ0v) is 25.2. The number of amides is 1. The highest BCUT2D eigenvalue weighted by atomic mass is 16.5. The average molecular weight is 582 g/mol. The Morgan fingerprint density at radius 1 is 0.977 bits per heavy atom. The summed E-state index contributed by atoms with van der Waals surface area (Å²) < 4.78 is 24.4. The van der Waals surface area contributed by atoms with Gasteiger partial charge in [0.2, 0.25) is 0 Å². The van der Waals surface area contributed by atoms with Crippen molar-refractivity contribution in [3.8, 4) is 28.7 Å². The van der Waals surface area contributed by atoms with Gasteiger partial charge in [-0.1, -0.05) is 32.9 Å². The number of allylic oxidation sites excluding steroid dienone is 1. The highest BCUT2D eigenvalue weighted by molar-refractivity contribution is 6.04. The summed E-state index contributed by atoms with van der Waals surface area (Å²) in [5.41, 5.74) is 3.97. The number of aromatic nitrogens is 3. The normalized spacial score (nSPS) is 12.6. The number of carbonyl (C=O) groups is 1. The molecule has 5 rings (SSSR count). The Bertz CT molecular complexity index is 1670. The second kappa shape index (κ2) is 12.4. The van der Waals surface area contributed by atoms with Crippen molar-refractivity contribution in [2.45, 2.75) is 39.7 Å². The van der Waals surface area contributed by atoms with Gasteiger partial charge in [0.25, 0.3) is 5.91 Å². The first-order valence-corrected chi connectivity index (χ1v) is 13.9. The molecule has 0 saturated heterocycles. The second-order valence-electron chi connectivity index (χ2n) is 10.8. The molecule has 222 valence electrons. The van der Waals surface area contributed by atoms with Crippen molar-refractivity contribution in [3.63, 3.8) is 0 Å². The summed E-state index contributed by atoms with van der Waals surface area (Å²) in [6, 6.07) is 15.1. The Hall–Kier alpha value is -5.12. The summed E-state index contributed by atoms with van der Waals surface area (Å²) in [6.45, 7) is 9.18. The number of hydrogen-bond acceptors (Lipinski definition) is 8. The van der Waals surface area contributed by atoms with E-state index in [9.17, 15) is 4.79 Å². The largest absolute Gasteiger partial charge is 0.493 e. The lowest BCUT2D eigenvalue weighted by Gasteiger charge is -2.19. The van der Waals surface area contributed by atoms with Crippen LogP contribution < -0.4 is 24.3 Å². The van der Waals surface area contributed by atoms with Crippen LogP contribution in [0.15, 0.2) is 72.0 Å². The van der Waals surface area contributed by atoms with E-state index in [1.165, 1.54) is 5.56 Å². The number of carbonyl (C=O) groups excluding carboxylic acids is 1. The van der Waals surface area contributed by atoms with Gasteiger partial charge in [-0.05, 0) is 65.9 Å². The molecule has 10 heteroatoms. The van der Waals surface area contributed by atoms with Crippen molar-refractivity contribution < 1.29 is 23.7 Å². The zero-order chi connectivity index (χ0) is 30.6. The topological polar surface area (TPSA) is 109 Å². The van der Waals surface area contributed by atoms with Gasteiger partial charge < -0.3 is 24.3 Å². The highest BCUT2D eigenvalue weighted by Gasteiger charge is 2.23. The molecule has 1 N–H and O–H groups in total. The molecule has 1 amide bonds. The number of ether oxygens (including phenoxy) is 4. The third kappa shape index (κ3) is 6.38. The molecule has 43 heavy (non-hydrogen) atoms. The van der Waals surface area contributed by atoms with Gasteiger partial charge in [-0.2, -0.15) is 5.10 Å². The van der Waals surface area contributed by atoms with E-state index >= 15 is 0 Å². The molecular weight excluding hydrogens is 546 g/mol. The lowest BCUT2D eigenvalue weighted by Crippen LogP contribution is -2.19. The minimum atomic E-state index is -0.403. The first-order valence-electron chi connectivity index (χ1n) is 13.9. The Morgan fingerprint density at radius 3 is 2.37 bits per heavy atom. The number of anilines is 1. The van der Waals surface area contributed by atoms with Crippen LogP contribution in [0.2, 0.25) is 0 Å². The van der Waals surface area contributed by atoms with Crippen LogP contribution in [0.1, 0.15) is 54.9 Å². The quantitative estimate of drug-likeness (QED) is 0.249. The van der Waals surface area contributed by atoms with E-state index in [0.717, 1.165) is 16.8 Å². The van der Waals surface area contributed by atoms with Gasteiger partial charge in [0.15, 0.2) is 22.9 Å². The molecule has 0 saturated carbocycles. The molecule has 1 aliphatic rings. The third-order valence-corrected chi connectivity index (χ3v) is 6.90. The van der Waals surface area contributed by atoms with Crippen LogP contribution in [0, 0.1) is 0 Å². The molecule has 0 bridgehead atoms. The Balaban J connectivity index is 1.36. The van der Waals surface area contributed by atoms with Gasteiger partial charge in [0.1, 0.15) is 17.3 Å². The number of hydrogen-bond donors (Lipinski definition) is 1. The van der Waals surface area contributed by atoms with E-state index < -0.39 is 5.91 Å². The van der Waals surface area contributed by atoms with E-state index in [0.29, 0.717) is 47.7 Å². The number of benzene rings is 2. The predicted octanol–water partition coefficient (Wildman–Crippen LogP) is 6.24. The maximum atomic E-state index is 13.5. The van der Waals surface area contributed by atoms with Crippen LogP contribution >= 0.6 is 0 Å². The summed E-state index contributed by atoms with van der Waals surface area (Å²) in [5, 5.41) is 7.31. The van der Waals surface area contributed by atoms with E-state index in [1.807, 2.05) is 43.3 Å². The molecular formula is C33H35N5O5. The van der Waals surface area contributed by atoms with E-state index in [4.69, 9.17) is 18.9 Å².